The van der Waals surface area contributed by atoms with E-state index in [9.17, 15) is 14.7 Å². The maximum atomic E-state index is 12.1. The number of esters is 1. The van der Waals surface area contributed by atoms with Gasteiger partial charge in [-0.1, -0.05) is 34.8 Å². The molecule has 0 spiro atoms. The fourth-order valence-corrected chi connectivity index (χ4v) is 2.33. The summed E-state index contributed by atoms with van der Waals surface area (Å²) in [6.45, 7) is 1.42. The van der Waals surface area contributed by atoms with Crippen molar-refractivity contribution in [3.05, 3.63) is 57.0 Å². The molecule has 0 unspecified atom stereocenters. The van der Waals surface area contributed by atoms with Gasteiger partial charge in [-0.2, -0.15) is 0 Å². The first-order valence-electron chi connectivity index (χ1n) is 6.73. The van der Waals surface area contributed by atoms with Gasteiger partial charge >= 0.3 is 5.97 Å². The second-order valence-electron chi connectivity index (χ2n) is 4.83. The Morgan fingerprint density at radius 3 is 2.25 bits per heavy atom. The number of hydrogen-bond donors (Lipinski definition) is 2. The van der Waals surface area contributed by atoms with Crippen molar-refractivity contribution in [3.8, 4) is 5.75 Å². The molecular weight excluding hydrogens is 377 g/mol. The highest BCUT2D eigenvalue weighted by Crippen LogP contribution is 2.32. The molecule has 0 aliphatic rings. The van der Waals surface area contributed by atoms with E-state index in [-0.39, 0.29) is 32.1 Å². The van der Waals surface area contributed by atoms with Crippen LogP contribution in [0.2, 0.25) is 15.1 Å². The first-order chi connectivity index (χ1) is 11.3. The SMILES string of the molecule is C[C@@H](OC(=O)c1ccc(O)cc1)C(=O)Nc1cc(Cl)c(Cl)cc1Cl. The van der Waals surface area contributed by atoms with Gasteiger partial charge in [0, 0.05) is 0 Å². The molecule has 0 aliphatic carbocycles. The van der Waals surface area contributed by atoms with Gasteiger partial charge in [0.05, 0.1) is 26.3 Å². The number of amides is 1. The van der Waals surface area contributed by atoms with Gasteiger partial charge < -0.3 is 15.2 Å². The van der Waals surface area contributed by atoms with Crippen molar-refractivity contribution in [1.82, 2.24) is 0 Å². The molecule has 0 radical (unpaired) electrons. The predicted octanol–water partition coefficient (Wildman–Crippen LogP) is 4.54. The summed E-state index contributed by atoms with van der Waals surface area (Å²) < 4.78 is 5.07. The van der Waals surface area contributed by atoms with E-state index in [4.69, 9.17) is 39.5 Å². The lowest BCUT2D eigenvalue weighted by atomic mass is 10.2. The van der Waals surface area contributed by atoms with Crippen molar-refractivity contribution in [2.45, 2.75) is 13.0 Å². The van der Waals surface area contributed by atoms with Crippen molar-refractivity contribution in [2.75, 3.05) is 5.32 Å². The van der Waals surface area contributed by atoms with Crippen LogP contribution < -0.4 is 5.32 Å². The topological polar surface area (TPSA) is 75.6 Å². The van der Waals surface area contributed by atoms with Crippen molar-refractivity contribution >= 4 is 52.4 Å². The monoisotopic (exact) mass is 387 g/mol. The number of phenolic OH excluding ortho intramolecular Hbond substituents is 1. The van der Waals surface area contributed by atoms with E-state index in [2.05, 4.69) is 5.32 Å². The van der Waals surface area contributed by atoms with Crippen molar-refractivity contribution in [2.24, 2.45) is 0 Å². The molecule has 8 heteroatoms. The van der Waals surface area contributed by atoms with E-state index in [1.807, 2.05) is 0 Å². The van der Waals surface area contributed by atoms with E-state index < -0.39 is 18.0 Å². The summed E-state index contributed by atoms with van der Waals surface area (Å²) >= 11 is 17.7. The van der Waals surface area contributed by atoms with Gasteiger partial charge in [-0.3, -0.25) is 4.79 Å². The van der Waals surface area contributed by atoms with Crippen LogP contribution in [0.1, 0.15) is 17.3 Å². The zero-order valence-electron chi connectivity index (χ0n) is 12.3. The number of ether oxygens (including phenoxy) is 1. The van der Waals surface area contributed by atoms with Gasteiger partial charge in [0.15, 0.2) is 6.10 Å². The zero-order chi connectivity index (χ0) is 17.9. The molecule has 24 heavy (non-hydrogen) atoms. The highest BCUT2D eigenvalue weighted by atomic mass is 35.5. The van der Waals surface area contributed by atoms with Crippen LogP contribution in [0.3, 0.4) is 0 Å². The van der Waals surface area contributed by atoms with Crippen molar-refractivity contribution in [1.29, 1.82) is 0 Å². The number of anilines is 1. The second-order valence-corrected chi connectivity index (χ2v) is 6.05. The van der Waals surface area contributed by atoms with Crippen LogP contribution in [0.25, 0.3) is 0 Å². The van der Waals surface area contributed by atoms with Crippen LogP contribution in [-0.2, 0) is 9.53 Å². The molecule has 2 aromatic rings. The molecule has 0 aromatic heterocycles. The van der Waals surface area contributed by atoms with Crippen LogP contribution in [0.5, 0.6) is 5.75 Å². The summed E-state index contributed by atoms with van der Waals surface area (Å²) in [5.74, 6) is -1.26. The van der Waals surface area contributed by atoms with Crippen molar-refractivity contribution < 1.29 is 19.4 Å². The third kappa shape index (κ3) is 4.54. The Balaban J connectivity index is 2.03. The normalized spacial score (nSPS) is 11.7. The first-order valence-corrected chi connectivity index (χ1v) is 7.86. The Morgan fingerprint density at radius 2 is 1.62 bits per heavy atom. The van der Waals surface area contributed by atoms with Gasteiger partial charge in [0.2, 0.25) is 0 Å². The molecular formula is C16H12Cl3NO4. The second kappa shape index (κ2) is 7.75. The Hall–Kier alpha value is -1.95. The van der Waals surface area contributed by atoms with Crippen LogP contribution in [-0.4, -0.2) is 23.1 Å². The molecule has 126 valence electrons. The third-order valence-corrected chi connectivity index (χ3v) is 4.06. The number of halogens is 3. The standard InChI is InChI=1S/C16H12Cl3NO4/c1-8(24-16(23)9-2-4-10(21)5-3-9)15(22)20-14-7-12(18)11(17)6-13(14)19/h2-8,21H,1H3,(H,20,22)/t8-/m1/s1. The Labute approximate surface area is 153 Å². The zero-order valence-corrected chi connectivity index (χ0v) is 14.6. The molecule has 0 bridgehead atoms. The molecule has 0 aliphatic heterocycles. The first kappa shape index (κ1) is 18.4. The van der Waals surface area contributed by atoms with Crippen LogP contribution in [0.4, 0.5) is 5.69 Å². The summed E-state index contributed by atoms with van der Waals surface area (Å²) in [6.07, 6.45) is -1.07. The number of nitrogens with one attached hydrogen (secondary N) is 1. The number of carbonyl (C=O) groups is 2. The highest BCUT2D eigenvalue weighted by molar-refractivity contribution is 6.44. The lowest BCUT2D eigenvalue weighted by Gasteiger charge is -2.14. The smallest absolute Gasteiger partial charge is 0.338 e. The number of phenols is 1. The maximum absolute atomic E-state index is 12.1. The van der Waals surface area contributed by atoms with E-state index in [0.29, 0.717) is 0 Å². The molecule has 5 nitrogen and oxygen atoms in total. The summed E-state index contributed by atoms with van der Waals surface area (Å²) in [5.41, 5.74) is 0.462. The van der Waals surface area contributed by atoms with Crippen LogP contribution in [0, 0.1) is 0 Å². The van der Waals surface area contributed by atoms with Gasteiger partial charge in [-0.25, -0.2) is 4.79 Å². The molecule has 0 fully saturated rings. The highest BCUT2D eigenvalue weighted by Gasteiger charge is 2.20. The summed E-state index contributed by atoms with van der Waals surface area (Å²) in [4.78, 5) is 24.1. The van der Waals surface area contributed by atoms with Crippen LogP contribution >= 0.6 is 34.8 Å². The van der Waals surface area contributed by atoms with Crippen molar-refractivity contribution in [3.63, 3.8) is 0 Å². The Bertz CT molecular complexity index is 778. The third-order valence-electron chi connectivity index (χ3n) is 3.02. The molecule has 2 N–H and O–H groups in total. The van der Waals surface area contributed by atoms with E-state index in [0.717, 1.165) is 0 Å². The average Bonchev–Trinajstić information content (AvgIpc) is 2.53. The van der Waals surface area contributed by atoms with Gasteiger partial charge in [0.1, 0.15) is 5.75 Å². The molecule has 0 heterocycles. The quantitative estimate of drug-likeness (QED) is 0.596. The minimum atomic E-state index is -1.07. The van der Waals surface area contributed by atoms with E-state index in [1.54, 1.807) is 0 Å². The number of benzene rings is 2. The summed E-state index contributed by atoms with van der Waals surface area (Å²) in [7, 11) is 0. The summed E-state index contributed by atoms with van der Waals surface area (Å²) in [6, 6.07) is 8.26. The number of carbonyl (C=O) groups excluding carboxylic acids is 2. The van der Waals surface area contributed by atoms with Gasteiger partial charge in [-0.15, -0.1) is 0 Å². The fourth-order valence-electron chi connectivity index (χ4n) is 1.73. The fraction of sp³-hybridized carbons (Fsp3) is 0.125. The lowest BCUT2D eigenvalue weighted by molar-refractivity contribution is -0.123. The maximum Gasteiger partial charge on any atom is 0.338 e. The number of rotatable bonds is 4. The van der Waals surface area contributed by atoms with Crippen LogP contribution in [0.15, 0.2) is 36.4 Å². The molecule has 1 atom stereocenters. The number of hydrogen-bond acceptors (Lipinski definition) is 4. The predicted molar refractivity (Wildman–Crippen MR) is 93.1 cm³/mol. The summed E-state index contributed by atoms with van der Waals surface area (Å²) in [5, 5.41) is 12.4. The minimum absolute atomic E-state index is 0.0200. The molecule has 2 aromatic carbocycles. The average molecular weight is 389 g/mol. The Morgan fingerprint density at radius 1 is 1.04 bits per heavy atom. The number of aromatic hydroxyl groups is 1. The molecule has 1 amide bonds. The Kier molecular flexibility index (Phi) is 5.94. The molecule has 0 saturated carbocycles. The van der Waals surface area contributed by atoms with E-state index >= 15 is 0 Å². The minimum Gasteiger partial charge on any atom is -0.508 e. The largest absolute Gasteiger partial charge is 0.508 e. The molecule has 2 rings (SSSR count). The molecule has 0 saturated heterocycles. The van der Waals surface area contributed by atoms with E-state index in [1.165, 1.54) is 43.3 Å². The lowest BCUT2D eigenvalue weighted by Crippen LogP contribution is -2.30. The van der Waals surface area contributed by atoms with Gasteiger partial charge in [0.25, 0.3) is 5.91 Å². The van der Waals surface area contributed by atoms with Gasteiger partial charge in [-0.05, 0) is 43.3 Å².